The van der Waals surface area contributed by atoms with Crippen LogP contribution in [0.5, 0.6) is 17.2 Å². The van der Waals surface area contributed by atoms with Crippen LogP contribution in [0.1, 0.15) is 43.0 Å². The summed E-state index contributed by atoms with van der Waals surface area (Å²) in [5, 5.41) is 0. The van der Waals surface area contributed by atoms with Gasteiger partial charge in [-0.2, -0.15) is 0 Å². The molecule has 1 N–H and O–H groups in total. The minimum Gasteiger partial charge on any atom is -0.497 e. The van der Waals surface area contributed by atoms with Crippen LogP contribution in [0.25, 0.3) is 0 Å². The predicted molar refractivity (Wildman–Crippen MR) is 108 cm³/mol. The van der Waals surface area contributed by atoms with Gasteiger partial charge in [0.25, 0.3) is 0 Å². The number of fused-ring (bicyclic) bond motifs is 1. The number of hydrogen-bond donors (Lipinski definition) is 1. The molecule has 1 aliphatic rings. The minimum absolute atomic E-state index is 0.280. The smallest absolute Gasteiger partial charge is 0.241 e. The average Bonchev–Trinajstić information content (AvgIpc) is 2.59. The van der Waals surface area contributed by atoms with Crippen molar-refractivity contribution < 1.29 is 22.6 Å². The van der Waals surface area contributed by atoms with E-state index in [0.29, 0.717) is 34.8 Å². The van der Waals surface area contributed by atoms with Crippen LogP contribution in [-0.4, -0.2) is 28.2 Å². The zero-order valence-electron chi connectivity index (χ0n) is 17.1. The van der Waals surface area contributed by atoms with Crippen molar-refractivity contribution in [3.05, 3.63) is 47.0 Å². The molecule has 6 nitrogen and oxygen atoms in total. The number of benzene rings is 2. The Balaban J connectivity index is 2.03. The van der Waals surface area contributed by atoms with E-state index in [9.17, 15) is 8.42 Å². The Morgan fingerprint density at radius 3 is 2.21 bits per heavy atom. The van der Waals surface area contributed by atoms with Gasteiger partial charge in [-0.1, -0.05) is 0 Å². The fourth-order valence-electron chi connectivity index (χ4n) is 3.76. The first-order valence-corrected chi connectivity index (χ1v) is 10.6. The Kier molecular flexibility index (Phi) is 5.34. The second-order valence-corrected chi connectivity index (χ2v) is 9.38. The molecule has 1 aliphatic heterocycles. The van der Waals surface area contributed by atoms with Crippen molar-refractivity contribution in [3.8, 4) is 17.2 Å². The maximum Gasteiger partial charge on any atom is 0.241 e. The van der Waals surface area contributed by atoms with Crippen molar-refractivity contribution in [2.75, 3.05) is 14.2 Å². The van der Waals surface area contributed by atoms with Crippen molar-refractivity contribution in [1.29, 1.82) is 0 Å². The zero-order valence-corrected chi connectivity index (χ0v) is 17.9. The molecule has 152 valence electrons. The van der Waals surface area contributed by atoms with E-state index in [1.807, 2.05) is 32.0 Å². The van der Waals surface area contributed by atoms with E-state index in [1.165, 1.54) is 0 Å². The van der Waals surface area contributed by atoms with Gasteiger partial charge in [0, 0.05) is 12.0 Å². The molecular weight excluding hydrogens is 378 g/mol. The van der Waals surface area contributed by atoms with E-state index < -0.39 is 21.7 Å². The minimum atomic E-state index is -3.76. The third-order valence-electron chi connectivity index (χ3n) is 4.91. The largest absolute Gasteiger partial charge is 0.497 e. The van der Waals surface area contributed by atoms with Crippen LogP contribution in [0, 0.1) is 13.8 Å². The highest BCUT2D eigenvalue weighted by molar-refractivity contribution is 7.89. The van der Waals surface area contributed by atoms with Gasteiger partial charge in [-0.05, 0) is 69.2 Å². The summed E-state index contributed by atoms with van der Waals surface area (Å²) in [6.07, 6.45) is 0.501. The lowest BCUT2D eigenvalue weighted by Gasteiger charge is -2.38. The fraction of sp³-hybridized carbons (Fsp3) is 0.429. The van der Waals surface area contributed by atoms with Crippen LogP contribution in [0.15, 0.2) is 35.2 Å². The van der Waals surface area contributed by atoms with Gasteiger partial charge in [0.2, 0.25) is 10.0 Å². The Labute approximate surface area is 166 Å². The van der Waals surface area contributed by atoms with Crippen LogP contribution in [0.4, 0.5) is 0 Å². The number of methoxy groups -OCH3 is 2. The van der Waals surface area contributed by atoms with E-state index in [2.05, 4.69) is 4.72 Å². The van der Waals surface area contributed by atoms with Gasteiger partial charge in [-0.3, -0.25) is 0 Å². The van der Waals surface area contributed by atoms with Gasteiger partial charge in [0.05, 0.1) is 25.2 Å². The normalized spacial score (nSPS) is 18.1. The van der Waals surface area contributed by atoms with Crippen LogP contribution in [-0.2, 0) is 10.0 Å². The highest BCUT2D eigenvalue weighted by Gasteiger charge is 2.37. The van der Waals surface area contributed by atoms with Crippen LogP contribution >= 0.6 is 0 Å². The topological polar surface area (TPSA) is 73.9 Å². The Morgan fingerprint density at radius 2 is 1.64 bits per heavy atom. The Morgan fingerprint density at radius 1 is 1.04 bits per heavy atom. The highest BCUT2D eigenvalue weighted by atomic mass is 32.2. The molecule has 0 aliphatic carbocycles. The monoisotopic (exact) mass is 405 g/mol. The molecule has 0 radical (unpaired) electrons. The lowest BCUT2D eigenvalue weighted by atomic mass is 9.90. The first-order valence-electron chi connectivity index (χ1n) is 9.11. The van der Waals surface area contributed by atoms with E-state index in [-0.39, 0.29) is 4.90 Å². The average molecular weight is 406 g/mol. The maximum absolute atomic E-state index is 13.3. The molecular formula is C21H27NO5S. The summed E-state index contributed by atoms with van der Waals surface area (Å²) < 4.78 is 46.1. The van der Waals surface area contributed by atoms with Gasteiger partial charge < -0.3 is 14.2 Å². The summed E-state index contributed by atoms with van der Waals surface area (Å²) >= 11 is 0. The molecule has 7 heteroatoms. The second-order valence-electron chi connectivity index (χ2n) is 7.73. The molecule has 2 aromatic carbocycles. The van der Waals surface area contributed by atoms with Gasteiger partial charge in [0.1, 0.15) is 22.8 Å². The Hall–Kier alpha value is -2.25. The van der Waals surface area contributed by atoms with Crippen LogP contribution in [0.2, 0.25) is 0 Å². The number of hydrogen-bond acceptors (Lipinski definition) is 5. The quantitative estimate of drug-likeness (QED) is 0.817. The van der Waals surface area contributed by atoms with Crippen molar-refractivity contribution in [2.45, 2.75) is 50.7 Å². The van der Waals surface area contributed by atoms with Crippen LogP contribution in [0.3, 0.4) is 0 Å². The molecule has 0 fully saturated rings. The maximum atomic E-state index is 13.3. The standard InChI is InChI=1S/C21H27NO5S/c1-13-9-16(26-6)10-14(2)20(13)28(23,24)22-18-12-21(3,4)27-19-8-7-15(25-5)11-17(18)19/h7-11,18,22H,12H2,1-6H3. The summed E-state index contributed by atoms with van der Waals surface area (Å²) in [4.78, 5) is 0.280. The summed E-state index contributed by atoms with van der Waals surface area (Å²) in [6, 6.07) is 8.48. The van der Waals surface area contributed by atoms with Gasteiger partial charge in [-0.25, -0.2) is 13.1 Å². The molecule has 0 saturated carbocycles. The molecule has 0 spiro atoms. The van der Waals surface area contributed by atoms with Crippen molar-refractivity contribution in [3.63, 3.8) is 0 Å². The first kappa shape index (κ1) is 20.5. The zero-order chi connectivity index (χ0) is 20.7. The molecule has 0 amide bonds. The molecule has 3 rings (SSSR count). The van der Waals surface area contributed by atoms with E-state index in [0.717, 1.165) is 5.56 Å². The molecule has 0 bridgehead atoms. The van der Waals surface area contributed by atoms with Crippen LogP contribution < -0.4 is 18.9 Å². The molecule has 2 aromatic rings. The SMILES string of the molecule is COc1cc(C)c(S(=O)(=O)NC2CC(C)(C)Oc3ccc(OC)cc32)c(C)c1. The fourth-order valence-corrected chi connectivity index (χ4v) is 5.43. The number of rotatable bonds is 5. The molecule has 1 unspecified atom stereocenters. The van der Waals surface area contributed by atoms with E-state index >= 15 is 0 Å². The lowest BCUT2D eigenvalue weighted by molar-refractivity contribution is 0.0700. The molecule has 1 heterocycles. The van der Waals surface area contributed by atoms with Crippen molar-refractivity contribution in [1.82, 2.24) is 4.72 Å². The molecule has 28 heavy (non-hydrogen) atoms. The van der Waals surface area contributed by atoms with E-state index in [1.54, 1.807) is 40.2 Å². The van der Waals surface area contributed by atoms with E-state index in [4.69, 9.17) is 14.2 Å². The summed E-state index contributed by atoms with van der Waals surface area (Å²) in [5.41, 5.74) is 1.55. The third kappa shape index (κ3) is 3.95. The summed E-state index contributed by atoms with van der Waals surface area (Å²) in [5.74, 6) is 1.95. The van der Waals surface area contributed by atoms with Gasteiger partial charge in [-0.15, -0.1) is 0 Å². The number of aryl methyl sites for hydroxylation is 2. The highest BCUT2D eigenvalue weighted by Crippen LogP contribution is 2.42. The number of nitrogens with one attached hydrogen (secondary N) is 1. The van der Waals surface area contributed by atoms with Crippen molar-refractivity contribution in [2.24, 2.45) is 0 Å². The summed E-state index contributed by atoms with van der Waals surface area (Å²) in [7, 11) is -0.614. The summed E-state index contributed by atoms with van der Waals surface area (Å²) in [6.45, 7) is 7.45. The Bertz CT molecular complexity index is 975. The number of ether oxygens (including phenoxy) is 3. The first-order chi connectivity index (χ1) is 13.1. The second kappa shape index (κ2) is 7.29. The predicted octanol–water partition coefficient (Wildman–Crippen LogP) is 3.90. The molecule has 0 saturated heterocycles. The van der Waals surface area contributed by atoms with Gasteiger partial charge >= 0.3 is 0 Å². The molecule has 0 aromatic heterocycles. The lowest BCUT2D eigenvalue weighted by Crippen LogP contribution is -2.41. The third-order valence-corrected chi connectivity index (χ3v) is 6.69. The number of sulfonamides is 1. The van der Waals surface area contributed by atoms with Crippen molar-refractivity contribution >= 4 is 10.0 Å². The molecule has 1 atom stereocenters. The van der Waals surface area contributed by atoms with Gasteiger partial charge in [0.15, 0.2) is 0 Å².